The molecule has 1 aromatic carbocycles. The van der Waals surface area contributed by atoms with Crippen molar-refractivity contribution in [2.75, 3.05) is 19.5 Å². The maximum Gasteiger partial charge on any atom is 0.325 e. The second-order valence-corrected chi connectivity index (χ2v) is 6.16. The molecule has 2 aromatic rings. The minimum atomic E-state index is -0.750. The molecule has 148 valence electrons. The number of nitrogens with zero attached hydrogens (tertiary/aromatic N) is 1. The zero-order valence-electron chi connectivity index (χ0n) is 15.6. The van der Waals surface area contributed by atoms with Crippen molar-refractivity contribution in [2.24, 2.45) is 0 Å². The van der Waals surface area contributed by atoms with Gasteiger partial charge in [-0.2, -0.15) is 0 Å². The summed E-state index contributed by atoms with van der Waals surface area (Å²) in [4.78, 5) is 37.8. The molecule has 1 aliphatic heterocycles. The van der Waals surface area contributed by atoms with Crippen LogP contribution in [0.4, 0.5) is 10.5 Å². The number of nitrogens with one attached hydrogen (secondary N) is 2. The van der Waals surface area contributed by atoms with Crippen LogP contribution >= 0.6 is 0 Å². The maximum absolute atomic E-state index is 12.4. The molecule has 3 rings (SSSR count). The SMILES string of the molecule is COc1ccc(OC)c(NC(=O)CC[C@@H]2NC(=O)N(Cc3ccco3)C2=O)c1. The molecule has 0 saturated carbocycles. The van der Waals surface area contributed by atoms with Crippen molar-refractivity contribution in [1.29, 1.82) is 0 Å². The minimum Gasteiger partial charge on any atom is -0.497 e. The molecule has 2 N–H and O–H groups in total. The van der Waals surface area contributed by atoms with Gasteiger partial charge in [-0.15, -0.1) is 0 Å². The second-order valence-electron chi connectivity index (χ2n) is 6.16. The van der Waals surface area contributed by atoms with Crippen LogP contribution in [-0.2, 0) is 16.1 Å². The summed E-state index contributed by atoms with van der Waals surface area (Å²) in [5, 5.41) is 5.33. The van der Waals surface area contributed by atoms with Gasteiger partial charge in [0, 0.05) is 12.5 Å². The summed E-state index contributed by atoms with van der Waals surface area (Å²) in [5.41, 5.74) is 0.466. The summed E-state index contributed by atoms with van der Waals surface area (Å²) in [6.45, 7) is 0.0569. The number of carbonyl (C=O) groups excluding carboxylic acids is 3. The molecular weight excluding hydrogens is 366 g/mol. The van der Waals surface area contributed by atoms with Gasteiger partial charge in [-0.05, 0) is 30.7 Å². The number of furan rings is 1. The van der Waals surface area contributed by atoms with Crippen LogP contribution in [0.3, 0.4) is 0 Å². The summed E-state index contributed by atoms with van der Waals surface area (Å²) in [7, 11) is 3.02. The fourth-order valence-corrected chi connectivity index (χ4v) is 2.88. The van der Waals surface area contributed by atoms with Crippen molar-refractivity contribution in [3.8, 4) is 11.5 Å². The van der Waals surface area contributed by atoms with Crippen LogP contribution in [0.1, 0.15) is 18.6 Å². The van der Waals surface area contributed by atoms with E-state index in [9.17, 15) is 14.4 Å². The Bertz CT molecular complexity index is 865. The van der Waals surface area contributed by atoms with Crippen LogP contribution in [0.2, 0.25) is 0 Å². The Morgan fingerprint density at radius 1 is 1.25 bits per heavy atom. The van der Waals surface area contributed by atoms with Gasteiger partial charge < -0.3 is 24.5 Å². The standard InChI is InChI=1S/C19H21N3O6/c1-26-12-5-7-16(27-2)15(10-12)20-17(23)8-6-14-18(24)22(19(25)21-14)11-13-4-3-9-28-13/h3-5,7,9-10,14H,6,8,11H2,1-2H3,(H,20,23)(H,21,25)/t14-/m0/s1. The van der Waals surface area contributed by atoms with E-state index < -0.39 is 12.1 Å². The lowest BCUT2D eigenvalue weighted by Gasteiger charge is -2.13. The molecule has 1 fully saturated rings. The molecule has 0 bridgehead atoms. The van der Waals surface area contributed by atoms with Crippen molar-refractivity contribution < 1.29 is 28.3 Å². The van der Waals surface area contributed by atoms with Crippen LogP contribution in [0, 0.1) is 0 Å². The minimum absolute atomic E-state index is 0.0473. The molecule has 4 amide bonds. The summed E-state index contributed by atoms with van der Waals surface area (Å²) < 4.78 is 15.5. The Hall–Kier alpha value is -3.49. The summed E-state index contributed by atoms with van der Waals surface area (Å²) in [6, 6.07) is 7.16. The summed E-state index contributed by atoms with van der Waals surface area (Å²) in [6.07, 6.45) is 1.70. The Morgan fingerprint density at radius 3 is 2.75 bits per heavy atom. The van der Waals surface area contributed by atoms with E-state index >= 15 is 0 Å². The lowest BCUT2D eigenvalue weighted by atomic mass is 10.1. The molecule has 28 heavy (non-hydrogen) atoms. The fraction of sp³-hybridized carbons (Fsp3) is 0.316. The third kappa shape index (κ3) is 4.25. The van der Waals surface area contributed by atoms with Gasteiger partial charge in [-0.3, -0.25) is 14.5 Å². The highest BCUT2D eigenvalue weighted by atomic mass is 16.5. The van der Waals surface area contributed by atoms with Crippen LogP contribution in [0.25, 0.3) is 0 Å². The van der Waals surface area contributed by atoms with Crippen LogP contribution < -0.4 is 20.1 Å². The van der Waals surface area contributed by atoms with Gasteiger partial charge in [-0.1, -0.05) is 0 Å². The van der Waals surface area contributed by atoms with Crippen LogP contribution in [0.15, 0.2) is 41.0 Å². The summed E-state index contributed by atoms with van der Waals surface area (Å²) >= 11 is 0. The van der Waals surface area contributed by atoms with Crippen LogP contribution in [-0.4, -0.2) is 43.0 Å². The number of amides is 4. The van der Waals surface area contributed by atoms with Gasteiger partial charge in [0.2, 0.25) is 5.91 Å². The number of anilines is 1. The quantitative estimate of drug-likeness (QED) is 0.672. The molecule has 2 heterocycles. The molecule has 9 heteroatoms. The van der Waals surface area contributed by atoms with Crippen LogP contribution in [0.5, 0.6) is 11.5 Å². The van der Waals surface area contributed by atoms with Crippen molar-refractivity contribution in [1.82, 2.24) is 10.2 Å². The van der Waals surface area contributed by atoms with E-state index in [0.29, 0.717) is 22.9 Å². The van der Waals surface area contributed by atoms with E-state index in [1.54, 1.807) is 30.3 Å². The lowest BCUT2D eigenvalue weighted by Crippen LogP contribution is -2.31. The van der Waals surface area contributed by atoms with Gasteiger partial charge in [-0.25, -0.2) is 4.79 Å². The zero-order valence-corrected chi connectivity index (χ0v) is 15.6. The normalized spacial score (nSPS) is 16.1. The fourth-order valence-electron chi connectivity index (χ4n) is 2.88. The van der Waals surface area contributed by atoms with E-state index in [1.165, 1.54) is 20.5 Å². The highest BCUT2D eigenvalue weighted by Gasteiger charge is 2.38. The average Bonchev–Trinajstić information content (AvgIpc) is 3.30. The molecule has 1 aliphatic rings. The van der Waals surface area contributed by atoms with Crippen molar-refractivity contribution >= 4 is 23.5 Å². The number of urea groups is 1. The number of ether oxygens (including phenoxy) is 2. The van der Waals surface area contributed by atoms with Gasteiger partial charge in [0.15, 0.2) is 0 Å². The molecule has 0 aliphatic carbocycles. The molecule has 1 saturated heterocycles. The largest absolute Gasteiger partial charge is 0.497 e. The number of benzene rings is 1. The smallest absolute Gasteiger partial charge is 0.325 e. The number of hydrogen-bond donors (Lipinski definition) is 2. The molecule has 0 unspecified atom stereocenters. The zero-order chi connectivity index (χ0) is 20.1. The molecule has 0 spiro atoms. The highest BCUT2D eigenvalue weighted by Crippen LogP contribution is 2.29. The first-order valence-electron chi connectivity index (χ1n) is 8.68. The first-order valence-corrected chi connectivity index (χ1v) is 8.68. The molecule has 1 atom stereocenters. The van der Waals surface area contributed by atoms with Crippen molar-refractivity contribution in [3.63, 3.8) is 0 Å². The first-order chi connectivity index (χ1) is 13.5. The predicted octanol–water partition coefficient (Wildman–Crippen LogP) is 2.14. The molecular formula is C19H21N3O6. The van der Waals surface area contributed by atoms with Crippen molar-refractivity contribution in [3.05, 3.63) is 42.4 Å². The van der Waals surface area contributed by atoms with Crippen molar-refractivity contribution in [2.45, 2.75) is 25.4 Å². The van der Waals surface area contributed by atoms with E-state index in [1.807, 2.05) is 0 Å². The Morgan fingerprint density at radius 2 is 2.07 bits per heavy atom. The number of rotatable bonds is 8. The Kier molecular flexibility index (Phi) is 5.83. The average molecular weight is 387 g/mol. The third-order valence-corrected chi connectivity index (χ3v) is 4.34. The molecule has 0 radical (unpaired) electrons. The molecule has 9 nitrogen and oxygen atoms in total. The number of carbonyl (C=O) groups is 3. The van der Waals surface area contributed by atoms with Gasteiger partial charge in [0.05, 0.1) is 32.7 Å². The highest BCUT2D eigenvalue weighted by molar-refractivity contribution is 6.04. The Labute approximate surface area is 161 Å². The number of hydrogen-bond acceptors (Lipinski definition) is 6. The second kappa shape index (κ2) is 8.47. The third-order valence-electron chi connectivity index (χ3n) is 4.34. The predicted molar refractivity (Wildman–Crippen MR) is 99.0 cm³/mol. The van der Waals surface area contributed by atoms with E-state index in [2.05, 4.69) is 10.6 Å². The first kappa shape index (κ1) is 19.3. The van der Waals surface area contributed by atoms with Gasteiger partial charge in [0.25, 0.3) is 5.91 Å². The van der Waals surface area contributed by atoms with Gasteiger partial charge >= 0.3 is 6.03 Å². The maximum atomic E-state index is 12.4. The topological polar surface area (TPSA) is 110 Å². The monoisotopic (exact) mass is 387 g/mol. The lowest BCUT2D eigenvalue weighted by molar-refractivity contribution is -0.128. The van der Waals surface area contributed by atoms with Gasteiger partial charge in [0.1, 0.15) is 23.3 Å². The number of imide groups is 1. The Balaban J connectivity index is 1.56. The van der Waals surface area contributed by atoms with E-state index in [0.717, 1.165) is 4.90 Å². The number of methoxy groups -OCH3 is 2. The van der Waals surface area contributed by atoms with E-state index in [-0.39, 0.29) is 31.2 Å². The van der Waals surface area contributed by atoms with E-state index in [4.69, 9.17) is 13.9 Å². The summed E-state index contributed by atoms with van der Waals surface area (Å²) in [5.74, 6) is 0.880. The molecule has 1 aromatic heterocycles.